The van der Waals surface area contributed by atoms with Crippen LogP contribution < -0.4 is 4.90 Å². The number of ether oxygens (including phenoxy) is 1. The summed E-state index contributed by atoms with van der Waals surface area (Å²) >= 11 is 0. The molecule has 2 aliphatic heterocycles. The van der Waals surface area contributed by atoms with Gasteiger partial charge in [-0.2, -0.15) is 4.31 Å². The van der Waals surface area contributed by atoms with Gasteiger partial charge >= 0.3 is 5.97 Å². The number of hydrogen-bond acceptors (Lipinski definition) is 6. The van der Waals surface area contributed by atoms with E-state index in [0.29, 0.717) is 37.6 Å². The lowest BCUT2D eigenvalue weighted by Crippen LogP contribution is -2.40. The van der Waals surface area contributed by atoms with Gasteiger partial charge in [-0.25, -0.2) is 8.42 Å². The van der Waals surface area contributed by atoms with Crippen molar-refractivity contribution in [3.05, 3.63) is 23.8 Å². The van der Waals surface area contributed by atoms with Crippen molar-refractivity contribution in [1.82, 2.24) is 9.21 Å². The number of piperidine rings is 1. The van der Waals surface area contributed by atoms with Gasteiger partial charge in [-0.05, 0) is 57.0 Å². The van der Waals surface area contributed by atoms with Crippen molar-refractivity contribution in [1.29, 1.82) is 0 Å². The van der Waals surface area contributed by atoms with E-state index >= 15 is 0 Å². The third-order valence-corrected chi connectivity index (χ3v) is 7.20. The van der Waals surface area contributed by atoms with Crippen molar-refractivity contribution in [2.75, 3.05) is 51.3 Å². The first-order valence-corrected chi connectivity index (χ1v) is 11.5. The molecule has 0 aromatic heterocycles. The summed E-state index contributed by atoms with van der Waals surface area (Å²) in [6, 6.07) is 5.02. The second kappa shape index (κ2) is 9.23. The molecule has 0 unspecified atom stereocenters. The van der Waals surface area contributed by atoms with Crippen LogP contribution >= 0.6 is 0 Å². The highest BCUT2D eigenvalue weighted by Gasteiger charge is 2.30. The maximum absolute atomic E-state index is 12.9. The average molecular weight is 424 g/mol. The largest absolute Gasteiger partial charge is 0.465 e. The van der Waals surface area contributed by atoms with Crippen LogP contribution in [0.25, 0.3) is 0 Å². The van der Waals surface area contributed by atoms with Gasteiger partial charge in [0.2, 0.25) is 15.9 Å². The zero-order valence-electron chi connectivity index (χ0n) is 17.1. The quantitative estimate of drug-likeness (QED) is 0.614. The van der Waals surface area contributed by atoms with Crippen molar-refractivity contribution in [2.24, 2.45) is 0 Å². The first-order chi connectivity index (χ1) is 13.8. The topological polar surface area (TPSA) is 87.2 Å². The van der Waals surface area contributed by atoms with Crippen molar-refractivity contribution in [3.63, 3.8) is 0 Å². The molecule has 8 nitrogen and oxygen atoms in total. The van der Waals surface area contributed by atoms with E-state index < -0.39 is 10.0 Å². The van der Waals surface area contributed by atoms with Gasteiger partial charge in [0.1, 0.15) is 0 Å². The van der Waals surface area contributed by atoms with E-state index in [1.807, 2.05) is 0 Å². The SMILES string of the molecule is CCOC(=O)CN(C)CC(=O)N1CCc2cc(S(=O)(=O)N3CCCCC3)ccc21. The number of nitrogens with zero attached hydrogens (tertiary/aromatic N) is 3. The van der Waals surface area contributed by atoms with Crippen molar-refractivity contribution < 1.29 is 22.7 Å². The Morgan fingerprint density at radius 2 is 1.83 bits per heavy atom. The number of sulfonamides is 1. The molecular weight excluding hydrogens is 394 g/mol. The Hall–Kier alpha value is -1.97. The van der Waals surface area contributed by atoms with Crippen molar-refractivity contribution >= 4 is 27.6 Å². The Bertz CT molecular complexity index is 865. The molecule has 1 amide bonds. The fourth-order valence-corrected chi connectivity index (χ4v) is 5.42. The van der Waals surface area contributed by atoms with E-state index in [1.165, 1.54) is 0 Å². The van der Waals surface area contributed by atoms with E-state index in [4.69, 9.17) is 4.74 Å². The van der Waals surface area contributed by atoms with Crippen LogP contribution in [0.2, 0.25) is 0 Å². The Morgan fingerprint density at radius 1 is 1.10 bits per heavy atom. The number of hydrogen-bond donors (Lipinski definition) is 0. The summed E-state index contributed by atoms with van der Waals surface area (Å²) in [6.45, 7) is 3.83. The molecule has 0 saturated carbocycles. The number of amides is 1. The number of esters is 1. The summed E-state index contributed by atoms with van der Waals surface area (Å²) in [5.41, 5.74) is 1.61. The molecule has 0 radical (unpaired) electrons. The maximum Gasteiger partial charge on any atom is 0.320 e. The third kappa shape index (κ3) is 4.96. The first-order valence-electron chi connectivity index (χ1n) is 10.1. The van der Waals surface area contributed by atoms with E-state index in [-0.39, 0.29) is 25.0 Å². The molecule has 1 aromatic rings. The minimum atomic E-state index is -3.49. The number of rotatable bonds is 7. The third-order valence-electron chi connectivity index (χ3n) is 5.31. The minimum Gasteiger partial charge on any atom is -0.465 e. The second-order valence-electron chi connectivity index (χ2n) is 7.53. The zero-order valence-corrected chi connectivity index (χ0v) is 17.9. The highest BCUT2D eigenvalue weighted by Crippen LogP contribution is 2.31. The van der Waals surface area contributed by atoms with Crippen LogP contribution in [-0.4, -0.2) is 75.9 Å². The predicted molar refractivity (Wildman–Crippen MR) is 109 cm³/mol. The molecule has 160 valence electrons. The van der Waals surface area contributed by atoms with Crippen LogP contribution in [0.15, 0.2) is 23.1 Å². The van der Waals surface area contributed by atoms with Gasteiger partial charge in [0.15, 0.2) is 0 Å². The Balaban J connectivity index is 1.69. The average Bonchev–Trinajstić information content (AvgIpc) is 3.12. The molecule has 0 spiro atoms. The summed E-state index contributed by atoms with van der Waals surface area (Å²) in [5.74, 6) is -0.487. The van der Waals surface area contributed by atoms with Gasteiger partial charge in [-0.15, -0.1) is 0 Å². The minimum absolute atomic E-state index is 0.0489. The number of likely N-dealkylation sites (N-methyl/N-ethyl adjacent to an activating group) is 1. The second-order valence-corrected chi connectivity index (χ2v) is 9.47. The van der Waals surface area contributed by atoms with Gasteiger partial charge in [0.25, 0.3) is 0 Å². The molecule has 29 heavy (non-hydrogen) atoms. The van der Waals surface area contributed by atoms with Crippen LogP contribution in [0.3, 0.4) is 0 Å². The number of anilines is 1. The van der Waals surface area contributed by atoms with E-state index in [2.05, 4.69) is 0 Å². The molecule has 2 heterocycles. The van der Waals surface area contributed by atoms with Crippen LogP contribution in [-0.2, 0) is 30.8 Å². The van der Waals surface area contributed by atoms with Crippen LogP contribution in [0.1, 0.15) is 31.7 Å². The fraction of sp³-hybridized carbons (Fsp3) is 0.600. The van der Waals surface area contributed by atoms with E-state index in [1.54, 1.807) is 46.3 Å². The lowest BCUT2D eigenvalue weighted by atomic mass is 10.2. The maximum atomic E-state index is 12.9. The number of carbonyl (C=O) groups excluding carboxylic acids is 2. The molecule has 3 rings (SSSR count). The van der Waals surface area contributed by atoms with Crippen molar-refractivity contribution in [3.8, 4) is 0 Å². The Labute approximate surface area is 172 Å². The molecule has 0 bridgehead atoms. The van der Waals surface area contributed by atoms with Gasteiger partial charge in [0.05, 0.1) is 24.6 Å². The summed E-state index contributed by atoms with van der Waals surface area (Å²) in [4.78, 5) is 27.8. The highest BCUT2D eigenvalue weighted by atomic mass is 32.2. The normalized spacial score (nSPS) is 17.4. The van der Waals surface area contributed by atoms with Gasteiger partial charge < -0.3 is 9.64 Å². The highest BCUT2D eigenvalue weighted by molar-refractivity contribution is 7.89. The Morgan fingerprint density at radius 3 is 2.52 bits per heavy atom. The number of benzene rings is 1. The molecule has 1 fully saturated rings. The van der Waals surface area contributed by atoms with Crippen LogP contribution in [0, 0.1) is 0 Å². The molecule has 0 atom stereocenters. The Kier molecular flexibility index (Phi) is 6.92. The van der Waals surface area contributed by atoms with Gasteiger partial charge in [-0.3, -0.25) is 14.5 Å². The zero-order chi connectivity index (χ0) is 21.0. The lowest BCUT2D eigenvalue weighted by molar-refractivity contribution is -0.144. The molecule has 1 aromatic carbocycles. The number of carbonyl (C=O) groups is 2. The van der Waals surface area contributed by atoms with Crippen LogP contribution in [0.5, 0.6) is 0 Å². The van der Waals surface area contributed by atoms with Gasteiger partial charge in [-0.1, -0.05) is 6.42 Å². The summed E-state index contributed by atoms with van der Waals surface area (Å²) in [6.07, 6.45) is 3.47. The van der Waals surface area contributed by atoms with Crippen LogP contribution in [0.4, 0.5) is 5.69 Å². The lowest BCUT2D eigenvalue weighted by Gasteiger charge is -2.26. The molecule has 0 N–H and O–H groups in total. The molecule has 9 heteroatoms. The number of fused-ring (bicyclic) bond motifs is 1. The van der Waals surface area contributed by atoms with E-state index in [9.17, 15) is 18.0 Å². The van der Waals surface area contributed by atoms with E-state index in [0.717, 1.165) is 30.5 Å². The molecule has 2 aliphatic rings. The molecular formula is C20H29N3O5S. The molecule has 0 aliphatic carbocycles. The summed E-state index contributed by atoms with van der Waals surface area (Å²) in [7, 11) is -1.79. The fourth-order valence-electron chi connectivity index (χ4n) is 3.85. The van der Waals surface area contributed by atoms with Crippen molar-refractivity contribution in [2.45, 2.75) is 37.5 Å². The smallest absolute Gasteiger partial charge is 0.320 e. The predicted octanol–water partition coefficient (Wildman–Crippen LogP) is 1.25. The standard InChI is InChI=1S/C20H29N3O5S/c1-3-28-20(25)15-21(2)14-19(24)23-12-9-16-13-17(7-8-18(16)23)29(26,27)22-10-5-4-6-11-22/h7-8,13H,3-6,9-12,14-15H2,1-2H3. The van der Waals surface area contributed by atoms with Gasteiger partial charge in [0, 0.05) is 25.3 Å². The summed E-state index contributed by atoms with van der Waals surface area (Å²) in [5, 5.41) is 0. The molecule has 1 saturated heterocycles. The first kappa shape index (κ1) is 21.7. The monoisotopic (exact) mass is 423 g/mol. The summed E-state index contributed by atoms with van der Waals surface area (Å²) < 4.78 is 32.3.